The molecule has 10 heteroatoms. The van der Waals surface area contributed by atoms with E-state index in [9.17, 15) is 9.90 Å². The van der Waals surface area contributed by atoms with Gasteiger partial charge in [-0.15, -0.1) is 0 Å². The molecule has 0 unspecified atom stereocenters. The number of aromatic hydroxyl groups is 1. The summed E-state index contributed by atoms with van der Waals surface area (Å²) in [6.45, 7) is 4.08. The van der Waals surface area contributed by atoms with Crippen LogP contribution in [-0.4, -0.2) is 88.0 Å². The van der Waals surface area contributed by atoms with Crippen molar-refractivity contribution in [3.05, 3.63) is 18.0 Å². The predicted octanol–water partition coefficient (Wildman–Crippen LogP) is 0.554. The second kappa shape index (κ2) is 10.8. The summed E-state index contributed by atoms with van der Waals surface area (Å²) < 4.78 is 31.2. The Kier molecular flexibility index (Phi) is 8.42. The fraction of sp³-hybridized carbons (Fsp3) is 0.611. The summed E-state index contributed by atoms with van der Waals surface area (Å²) >= 11 is 0. The minimum Gasteiger partial charge on any atom is -0.503 e. The standard InChI is InChI=1S/C18H26N2O8/c1-18(17(22)24-3)12-28-16(20-18)14-15(21)13(4-5-19-14)27-11-10-26-9-8-25-7-6-23-2/h4-5,21H,6-12H2,1-3H3/t18-/m1/s1. The average Bonchev–Trinajstić information content (AvgIpc) is 3.10. The summed E-state index contributed by atoms with van der Waals surface area (Å²) in [5.74, 6) is -0.487. The van der Waals surface area contributed by atoms with Gasteiger partial charge < -0.3 is 33.5 Å². The van der Waals surface area contributed by atoms with Crippen molar-refractivity contribution in [1.82, 2.24) is 4.98 Å². The summed E-state index contributed by atoms with van der Waals surface area (Å²) in [5.41, 5.74) is -1.08. The maximum absolute atomic E-state index is 11.8. The maximum Gasteiger partial charge on any atom is 0.337 e. The van der Waals surface area contributed by atoms with Crippen molar-refractivity contribution in [3.63, 3.8) is 0 Å². The van der Waals surface area contributed by atoms with Crippen molar-refractivity contribution in [2.75, 3.05) is 60.5 Å². The summed E-state index contributed by atoms with van der Waals surface area (Å²) in [7, 11) is 2.89. The van der Waals surface area contributed by atoms with Gasteiger partial charge in [0.2, 0.25) is 5.90 Å². The number of hydrogen-bond acceptors (Lipinski definition) is 10. The van der Waals surface area contributed by atoms with E-state index in [2.05, 4.69) is 9.98 Å². The van der Waals surface area contributed by atoms with Crippen LogP contribution in [-0.2, 0) is 28.5 Å². The molecule has 0 fully saturated rings. The van der Waals surface area contributed by atoms with E-state index in [1.54, 1.807) is 14.0 Å². The summed E-state index contributed by atoms with van der Waals surface area (Å²) in [4.78, 5) is 20.1. The molecule has 10 nitrogen and oxygen atoms in total. The van der Waals surface area contributed by atoms with E-state index in [1.165, 1.54) is 19.4 Å². The highest BCUT2D eigenvalue weighted by Crippen LogP contribution is 2.32. The maximum atomic E-state index is 11.8. The molecule has 0 amide bonds. The second-order valence-electron chi connectivity index (χ2n) is 6.04. The molecule has 1 aliphatic heterocycles. The molecular weight excluding hydrogens is 372 g/mol. The lowest BCUT2D eigenvalue weighted by molar-refractivity contribution is -0.146. The molecular formula is C18H26N2O8. The Labute approximate surface area is 163 Å². The largest absolute Gasteiger partial charge is 0.503 e. The molecule has 1 aromatic rings. The van der Waals surface area contributed by atoms with Gasteiger partial charge in [-0.05, 0) is 6.92 Å². The third kappa shape index (κ3) is 5.78. The lowest BCUT2D eigenvalue weighted by atomic mass is 10.1. The number of aromatic nitrogens is 1. The Balaban J connectivity index is 1.85. The Bertz CT molecular complexity index is 682. The molecule has 2 heterocycles. The zero-order valence-corrected chi connectivity index (χ0v) is 16.3. The van der Waals surface area contributed by atoms with Crippen molar-refractivity contribution >= 4 is 11.9 Å². The minimum absolute atomic E-state index is 0.00149. The fourth-order valence-electron chi connectivity index (χ4n) is 2.33. The SMILES string of the molecule is COCCOCCOCCOc1ccnc(C2=N[C@@](C)(C(=O)OC)CO2)c1O. The number of nitrogens with zero attached hydrogens (tertiary/aromatic N) is 2. The van der Waals surface area contributed by atoms with Crippen LogP contribution in [0.3, 0.4) is 0 Å². The summed E-state index contributed by atoms with van der Waals surface area (Å²) in [6, 6.07) is 1.52. The van der Waals surface area contributed by atoms with Crippen LogP contribution in [0.5, 0.6) is 11.5 Å². The molecule has 0 bridgehead atoms. The van der Waals surface area contributed by atoms with Crippen LogP contribution in [0.1, 0.15) is 12.6 Å². The number of hydrogen-bond donors (Lipinski definition) is 1. The predicted molar refractivity (Wildman–Crippen MR) is 97.8 cm³/mol. The van der Waals surface area contributed by atoms with Gasteiger partial charge in [0.25, 0.3) is 0 Å². The van der Waals surface area contributed by atoms with Crippen molar-refractivity contribution in [2.45, 2.75) is 12.5 Å². The van der Waals surface area contributed by atoms with Gasteiger partial charge in [-0.3, -0.25) is 0 Å². The van der Waals surface area contributed by atoms with Gasteiger partial charge in [0.05, 0.1) is 40.1 Å². The summed E-state index contributed by atoms with van der Waals surface area (Å²) in [6.07, 6.45) is 1.45. The molecule has 0 saturated carbocycles. The van der Waals surface area contributed by atoms with Gasteiger partial charge in [0, 0.05) is 19.4 Å². The zero-order valence-electron chi connectivity index (χ0n) is 16.3. The normalized spacial score (nSPS) is 18.5. The molecule has 0 radical (unpaired) electrons. The Morgan fingerprint density at radius 1 is 1.18 bits per heavy atom. The van der Waals surface area contributed by atoms with Gasteiger partial charge in [0.1, 0.15) is 13.2 Å². The Morgan fingerprint density at radius 3 is 2.54 bits per heavy atom. The first-order valence-electron chi connectivity index (χ1n) is 8.78. The first-order valence-corrected chi connectivity index (χ1v) is 8.78. The molecule has 0 aliphatic carbocycles. The third-order valence-electron chi connectivity index (χ3n) is 3.84. The number of pyridine rings is 1. The third-order valence-corrected chi connectivity index (χ3v) is 3.84. The quantitative estimate of drug-likeness (QED) is 0.398. The molecule has 156 valence electrons. The van der Waals surface area contributed by atoms with Crippen LogP contribution in [0.15, 0.2) is 17.3 Å². The topological polar surface area (TPSA) is 118 Å². The van der Waals surface area contributed by atoms with E-state index in [0.29, 0.717) is 33.0 Å². The lowest BCUT2D eigenvalue weighted by Gasteiger charge is -2.13. The zero-order chi connectivity index (χ0) is 20.4. The first kappa shape index (κ1) is 21.9. The van der Waals surface area contributed by atoms with Crippen LogP contribution in [0.25, 0.3) is 0 Å². The molecule has 1 N–H and O–H groups in total. The molecule has 1 aromatic heterocycles. The van der Waals surface area contributed by atoms with Gasteiger partial charge in [0.15, 0.2) is 22.7 Å². The number of methoxy groups -OCH3 is 2. The average molecular weight is 398 g/mol. The highest BCUT2D eigenvalue weighted by Gasteiger charge is 2.41. The number of carbonyl (C=O) groups excluding carboxylic acids is 1. The molecule has 0 aromatic carbocycles. The van der Waals surface area contributed by atoms with E-state index < -0.39 is 11.5 Å². The molecule has 0 saturated heterocycles. The second-order valence-corrected chi connectivity index (χ2v) is 6.04. The molecule has 28 heavy (non-hydrogen) atoms. The van der Waals surface area contributed by atoms with Gasteiger partial charge >= 0.3 is 5.97 Å². The summed E-state index contributed by atoms with van der Waals surface area (Å²) in [5, 5.41) is 10.4. The number of ether oxygens (including phenoxy) is 6. The molecule has 1 aliphatic rings. The number of carbonyl (C=O) groups is 1. The van der Waals surface area contributed by atoms with Crippen LogP contribution >= 0.6 is 0 Å². The fourth-order valence-corrected chi connectivity index (χ4v) is 2.33. The molecule has 2 rings (SSSR count). The van der Waals surface area contributed by atoms with Crippen molar-refractivity contribution < 1.29 is 38.3 Å². The van der Waals surface area contributed by atoms with Crippen molar-refractivity contribution in [3.8, 4) is 11.5 Å². The first-order chi connectivity index (χ1) is 13.5. The van der Waals surface area contributed by atoms with Crippen molar-refractivity contribution in [1.29, 1.82) is 0 Å². The monoisotopic (exact) mass is 398 g/mol. The lowest BCUT2D eigenvalue weighted by Crippen LogP contribution is -2.35. The number of aliphatic imine (C=N–C) groups is 1. The molecule has 1 atom stereocenters. The highest BCUT2D eigenvalue weighted by atomic mass is 16.6. The van der Waals surface area contributed by atoms with E-state index >= 15 is 0 Å². The van der Waals surface area contributed by atoms with Crippen LogP contribution in [0.2, 0.25) is 0 Å². The Hall–Kier alpha value is -2.43. The van der Waals surface area contributed by atoms with E-state index in [0.717, 1.165) is 0 Å². The minimum atomic E-state index is -1.17. The Morgan fingerprint density at radius 2 is 1.86 bits per heavy atom. The number of esters is 1. The number of rotatable bonds is 12. The van der Waals surface area contributed by atoms with Gasteiger partial charge in [-0.25, -0.2) is 14.8 Å². The van der Waals surface area contributed by atoms with Gasteiger partial charge in [-0.2, -0.15) is 0 Å². The van der Waals surface area contributed by atoms with Crippen LogP contribution < -0.4 is 4.74 Å². The van der Waals surface area contributed by atoms with Crippen LogP contribution in [0.4, 0.5) is 0 Å². The molecule has 0 spiro atoms. The van der Waals surface area contributed by atoms with E-state index in [1.807, 2.05) is 0 Å². The van der Waals surface area contributed by atoms with Crippen molar-refractivity contribution in [2.24, 2.45) is 4.99 Å². The van der Waals surface area contributed by atoms with Crippen LogP contribution in [0, 0.1) is 0 Å². The van der Waals surface area contributed by atoms with Gasteiger partial charge in [-0.1, -0.05) is 0 Å². The van der Waals surface area contributed by atoms with E-state index in [-0.39, 0.29) is 36.3 Å². The van der Waals surface area contributed by atoms with E-state index in [4.69, 9.17) is 28.4 Å². The smallest absolute Gasteiger partial charge is 0.337 e. The highest BCUT2D eigenvalue weighted by molar-refractivity contribution is 5.99.